The molecule has 27 heavy (non-hydrogen) atoms. The minimum atomic E-state index is 0.0110. The van der Waals surface area contributed by atoms with Gasteiger partial charge in [-0.3, -0.25) is 9.78 Å². The van der Waals surface area contributed by atoms with Crippen LogP contribution in [0.2, 0.25) is 0 Å². The summed E-state index contributed by atoms with van der Waals surface area (Å²) < 4.78 is 1.77. The van der Waals surface area contributed by atoms with Crippen LogP contribution in [-0.4, -0.2) is 56.0 Å². The minimum Gasteiger partial charge on any atom is -0.330 e. The molecule has 2 aliphatic heterocycles. The van der Waals surface area contributed by atoms with E-state index in [2.05, 4.69) is 20.6 Å². The van der Waals surface area contributed by atoms with E-state index in [1.165, 1.54) is 0 Å². The average molecular weight is 362 g/mol. The van der Waals surface area contributed by atoms with Gasteiger partial charge < -0.3 is 10.2 Å². The molecule has 0 saturated carbocycles. The molecule has 0 spiro atoms. The fourth-order valence-corrected chi connectivity index (χ4v) is 4.48. The maximum absolute atomic E-state index is 13.3. The summed E-state index contributed by atoms with van der Waals surface area (Å²) in [5.74, 6) is 0.0110. The van der Waals surface area contributed by atoms with E-state index in [1.807, 2.05) is 42.3 Å². The highest BCUT2D eigenvalue weighted by Crippen LogP contribution is 2.30. The second-order valence-electron chi connectivity index (χ2n) is 7.40. The Morgan fingerprint density at radius 3 is 3.00 bits per heavy atom. The van der Waals surface area contributed by atoms with Crippen molar-refractivity contribution < 1.29 is 4.79 Å². The lowest BCUT2D eigenvalue weighted by Gasteiger charge is -2.27. The Labute approximate surface area is 157 Å². The lowest BCUT2D eigenvalue weighted by Crippen LogP contribution is -2.43. The van der Waals surface area contributed by atoms with Crippen LogP contribution in [0, 0.1) is 6.92 Å². The third-order valence-electron chi connectivity index (χ3n) is 5.87. The van der Waals surface area contributed by atoms with Crippen LogP contribution in [0.4, 0.5) is 0 Å². The summed E-state index contributed by atoms with van der Waals surface area (Å²) in [7, 11) is 0. The van der Waals surface area contributed by atoms with E-state index in [9.17, 15) is 4.79 Å². The van der Waals surface area contributed by atoms with Crippen molar-refractivity contribution in [1.29, 1.82) is 0 Å². The van der Waals surface area contributed by atoms with Crippen molar-refractivity contribution in [2.24, 2.45) is 0 Å². The van der Waals surface area contributed by atoms with Crippen LogP contribution in [0.5, 0.6) is 0 Å². The Morgan fingerprint density at radius 1 is 1.19 bits per heavy atom. The Balaban J connectivity index is 1.55. The first-order chi connectivity index (χ1) is 13.2. The molecule has 2 aromatic heterocycles. The Morgan fingerprint density at radius 2 is 2.07 bits per heavy atom. The average Bonchev–Trinajstić information content (AvgIpc) is 3.19. The van der Waals surface area contributed by atoms with Gasteiger partial charge in [0.1, 0.15) is 0 Å². The number of hydrogen-bond acceptors (Lipinski definition) is 5. The Bertz CT molecular complexity index is 993. The molecule has 2 bridgehead atoms. The normalized spacial score (nSPS) is 22.2. The Kier molecular flexibility index (Phi) is 3.89. The number of nitrogens with zero attached hydrogens (tertiary/aromatic N) is 5. The number of rotatable bonds is 2. The van der Waals surface area contributed by atoms with Crippen molar-refractivity contribution in [3.63, 3.8) is 0 Å². The van der Waals surface area contributed by atoms with Gasteiger partial charge in [-0.05, 0) is 44.9 Å². The maximum atomic E-state index is 13.3. The van der Waals surface area contributed by atoms with Crippen LogP contribution in [0.1, 0.15) is 35.4 Å². The summed E-state index contributed by atoms with van der Waals surface area (Å²) in [6.45, 7) is 3.76. The summed E-state index contributed by atoms with van der Waals surface area (Å²) in [6, 6.07) is 8.53. The van der Waals surface area contributed by atoms with Gasteiger partial charge in [-0.15, -0.1) is 5.10 Å². The van der Waals surface area contributed by atoms with Crippen LogP contribution in [0.3, 0.4) is 0 Å². The third-order valence-corrected chi connectivity index (χ3v) is 5.87. The van der Waals surface area contributed by atoms with Crippen LogP contribution >= 0.6 is 0 Å². The second kappa shape index (κ2) is 6.42. The first-order valence-corrected chi connectivity index (χ1v) is 9.53. The zero-order valence-corrected chi connectivity index (χ0v) is 15.3. The second-order valence-corrected chi connectivity index (χ2v) is 7.40. The van der Waals surface area contributed by atoms with Gasteiger partial charge in [0.15, 0.2) is 5.69 Å². The number of carbonyl (C=O) groups is 1. The SMILES string of the molecule is Cc1c(C(=O)N2C3CCNCC2CC3)nnn1-c1cccc2cnccc12. The van der Waals surface area contributed by atoms with Gasteiger partial charge in [-0.1, -0.05) is 17.3 Å². The topological polar surface area (TPSA) is 75.9 Å². The molecule has 2 saturated heterocycles. The molecule has 5 rings (SSSR count). The molecule has 7 nitrogen and oxygen atoms in total. The molecule has 3 aromatic rings. The smallest absolute Gasteiger partial charge is 0.276 e. The molecule has 1 N–H and O–H groups in total. The molecule has 1 amide bonds. The fraction of sp³-hybridized carbons (Fsp3) is 0.400. The monoisotopic (exact) mass is 362 g/mol. The van der Waals surface area contributed by atoms with Crippen molar-refractivity contribution in [1.82, 2.24) is 30.2 Å². The van der Waals surface area contributed by atoms with Gasteiger partial charge in [0.2, 0.25) is 0 Å². The number of carbonyl (C=O) groups excluding carboxylic acids is 1. The van der Waals surface area contributed by atoms with Crippen LogP contribution in [-0.2, 0) is 0 Å². The molecule has 138 valence electrons. The largest absolute Gasteiger partial charge is 0.330 e. The quantitative estimate of drug-likeness (QED) is 0.755. The summed E-state index contributed by atoms with van der Waals surface area (Å²) in [5, 5.41) is 14.1. The third kappa shape index (κ3) is 2.61. The molecule has 0 radical (unpaired) electrons. The van der Waals surface area contributed by atoms with Crippen molar-refractivity contribution in [2.75, 3.05) is 13.1 Å². The number of nitrogens with one attached hydrogen (secondary N) is 1. The van der Waals surface area contributed by atoms with Crippen molar-refractivity contribution in [2.45, 2.75) is 38.3 Å². The molecule has 2 unspecified atom stereocenters. The Hall–Kier alpha value is -2.80. The molecule has 2 fully saturated rings. The molecule has 4 heterocycles. The molecule has 2 atom stereocenters. The van der Waals surface area contributed by atoms with E-state index in [1.54, 1.807) is 10.9 Å². The summed E-state index contributed by atoms with van der Waals surface area (Å²) in [4.78, 5) is 19.5. The van der Waals surface area contributed by atoms with Gasteiger partial charge in [0.05, 0.1) is 11.4 Å². The zero-order chi connectivity index (χ0) is 18.4. The van der Waals surface area contributed by atoms with Crippen molar-refractivity contribution in [3.05, 3.63) is 48.0 Å². The number of amides is 1. The lowest BCUT2D eigenvalue weighted by atomic mass is 10.1. The molecule has 7 heteroatoms. The molecular formula is C20H22N6O. The summed E-state index contributed by atoms with van der Waals surface area (Å²) >= 11 is 0. The zero-order valence-electron chi connectivity index (χ0n) is 15.3. The number of hydrogen-bond donors (Lipinski definition) is 1. The number of fused-ring (bicyclic) bond motifs is 3. The predicted octanol–water partition coefficient (Wildman–Crippen LogP) is 2.09. The van der Waals surface area contributed by atoms with E-state index in [0.717, 1.165) is 54.5 Å². The maximum Gasteiger partial charge on any atom is 0.276 e. The first kappa shape index (κ1) is 16.4. The highest BCUT2D eigenvalue weighted by Gasteiger charge is 2.40. The fourth-order valence-electron chi connectivity index (χ4n) is 4.48. The van der Waals surface area contributed by atoms with E-state index in [4.69, 9.17) is 0 Å². The molecule has 2 aliphatic rings. The van der Waals surface area contributed by atoms with Crippen LogP contribution < -0.4 is 5.32 Å². The van der Waals surface area contributed by atoms with Gasteiger partial charge in [0, 0.05) is 41.8 Å². The van der Waals surface area contributed by atoms with E-state index >= 15 is 0 Å². The van der Waals surface area contributed by atoms with Gasteiger partial charge >= 0.3 is 0 Å². The van der Waals surface area contributed by atoms with Crippen molar-refractivity contribution >= 4 is 16.7 Å². The predicted molar refractivity (Wildman–Crippen MR) is 102 cm³/mol. The van der Waals surface area contributed by atoms with Gasteiger partial charge in [-0.2, -0.15) is 0 Å². The number of pyridine rings is 1. The lowest BCUT2D eigenvalue weighted by molar-refractivity contribution is 0.0673. The number of benzene rings is 1. The highest BCUT2D eigenvalue weighted by molar-refractivity contribution is 5.95. The van der Waals surface area contributed by atoms with E-state index in [0.29, 0.717) is 11.7 Å². The van der Waals surface area contributed by atoms with E-state index < -0.39 is 0 Å². The van der Waals surface area contributed by atoms with Crippen LogP contribution in [0.25, 0.3) is 16.5 Å². The van der Waals surface area contributed by atoms with Gasteiger partial charge in [0.25, 0.3) is 5.91 Å². The first-order valence-electron chi connectivity index (χ1n) is 9.53. The van der Waals surface area contributed by atoms with Crippen LogP contribution in [0.15, 0.2) is 36.7 Å². The molecule has 0 aliphatic carbocycles. The van der Waals surface area contributed by atoms with Crippen molar-refractivity contribution in [3.8, 4) is 5.69 Å². The minimum absolute atomic E-state index is 0.0110. The number of aromatic nitrogens is 4. The molecule has 1 aromatic carbocycles. The highest BCUT2D eigenvalue weighted by atomic mass is 16.2. The van der Waals surface area contributed by atoms with Gasteiger partial charge in [-0.25, -0.2) is 4.68 Å². The molecular weight excluding hydrogens is 340 g/mol. The summed E-state index contributed by atoms with van der Waals surface area (Å²) in [6.07, 6.45) is 6.76. The van der Waals surface area contributed by atoms with E-state index in [-0.39, 0.29) is 11.9 Å². The standard InChI is InChI=1S/C20H22N6O/c1-13-19(20(27)25-15-5-6-16(25)12-22-9-7-15)23-24-26(13)18-4-2-3-14-11-21-10-8-17(14)18/h2-4,8,10-11,15-16,22H,5-7,9,12H2,1H3. The summed E-state index contributed by atoms with van der Waals surface area (Å²) in [5.41, 5.74) is 2.15.